The van der Waals surface area contributed by atoms with Crippen LogP contribution >= 0.6 is 0 Å². The van der Waals surface area contributed by atoms with Gasteiger partial charge >= 0.3 is 0 Å². The summed E-state index contributed by atoms with van der Waals surface area (Å²) >= 11 is 0. The van der Waals surface area contributed by atoms with E-state index >= 15 is 0 Å². The number of carbonyl (C=O) groups excluding carboxylic acids is 2. The molecule has 128 valence electrons. The van der Waals surface area contributed by atoms with Crippen LogP contribution < -0.4 is 9.47 Å². The van der Waals surface area contributed by atoms with Crippen LogP contribution in [0.5, 0.6) is 11.5 Å². The van der Waals surface area contributed by atoms with Crippen molar-refractivity contribution in [3.63, 3.8) is 0 Å². The van der Waals surface area contributed by atoms with E-state index in [1.54, 1.807) is 68.2 Å². The number of hydrogen-bond donors (Lipinski definition) is 0. The summed E-state index contributed by atoms with van der Waals surface area (Å²) in [6.45, 7) is 3.27. The third-order valence-electron chi connectivity index (χ3n) is 4.31. The van der Waals surface area contributed by atoms with Gasteiger partial charge in [0.25, 0.3) is 0 Å². The number of ether oxygens (including phenoxy) is 2. The minimum absolute atomic E-state index is 0.138. The summed E-state index contributed by atoms with van der Waals surface area (Å²) in [6, 6.07) is 12.3. The topological polar surface area (TPSA) is 57.5 Å². The Morgan fingerprint density at radius 2 is 1.52 bits per heavy atom. The maximum absolute atomic E-state index is 13.1. The lowest BCUT2D eigenvalue weighted by Gasteiger charge is -2.05. The van der Waals surface area contributed by atoms with Gasteiger partial charge in [-0.25, -0.2) is 0 Å². The molecule has 0 spiro atoms. The van der Waals surface area contributed by atoms with Gasteiger partial charge in [0.1, 0.15) is 11.5 Å². The Balaban J connectivity index is 2.24. The average Bonchev–Trinajstić information content (AvgIpc) is 2.92. The molecule has 1 aromatic heterocycles. The number of fused-ring (bicyclic) bond motifs is 1. The van der Waals surface area contributed by atoms with Crippen molar-refractivity contribution < 1.29 is 19.1 Å². The molecule has 0 N–H and O–H groups in total. The van der Waals surface area contributed by atoms with Crippen LogP contribution in [0.15, 0.2) is 42.5 Å². The van der Waals surface area contributed by atoms with Gasteiger partial charge < -0.3 is 9.47 Å². The first-order valence-corrected chi connectivity index (χ1v) is 7.86. The molecular formula is C20H19NO4. The monoisotopic (exact) mass is 337 g/mol. The maximum atomic E-state index is 13.1. The van der Waals surface area contributed by atoms with Crippen LogP contribution in [0.3, 0.4) is 0 Å². The molecule has 0 unspecified atom stereocenters. The molecule has 3 aromatic rings. The van der Waals surface area contributed by atoms with E-state index in [2.05, 4.69) is 0 Å². The van der Waals surface area contributed by atoms with E-state index in [0.717, 1.165) is 0 Å². The van der Waals surface area contributed by atoms with Crippen molar-refractivity contribution in [2.45, 2.75) is 13.8 Å². The van der Waals surface area contributed by atoms with Crippen LogP contribution in [-0.2, 0) is 0 Å². The minimum Gasteiger partial charge on any atom is -0.497 e. The second-order valence-electron chi connectivity index (χ2n) is 5.76. The lowest BCUT2D eigenvalue weighted by atomic mass is 10.0. The van der Waals surface area contributed by atoms with Crippen LogP contribution in [0.25, 0.3) is 10.9 Å². The van der Waals surface area contributed by atoms with Gasteiger partial charge in [0.05, 0.1) is 25.3 Å². The van der Waals surface area contributed by atoms with Gasteiger partial charge in [0.15, 0.2) is 5.78 Å². The quantitative estimate of drug-likeness (QED) is 0.678. The van der Waals surface area contributed by atoms with Crippen molar-refractivity contribution in [2.75, 3.05) is 14.2 Å². The summed E-state index contributed by atoms with van der Waals surface area (Å²) in [5.74, 6) is 1.04. The number of methoxy groups -OCH3 is 2. The van der Waals surface area contributed by atoms with E-state index in [0.29, 0.717) is 39.2 Å². The van der Waals surface area contributed by atoms with E-state index in [1.165, 1.54) is 6.92 Å². The van der Waals surface area contributed by atoms with Crippen molar-refractivity contribution >= 4 is 22.6 Å². The van der Waals surface area contributed by atoms with Crippen molar-refractivity contribution in [1.29, 1.82) is 0 Å². The van der Waals surface area contributed by atoms with E-state index in [4.69, 9.17) is 9.47 Å². The molecule has 0 radical (unpaired) electrons. The normalized spacial score (nSPS) is 10.7. The largest absolute Gasteiger partial charge is 0.497 e. The number of nitrogens with zero attached hydrogens (tertiary/aromatic N) is 1. The van der Waals surface area contributed by atoms with Crippen LogP contribution in [0.1, 0.15) is 33.3 Å². The molecule has 2 aromatic carbocycles. The molecule has 1 heterocycles. The molecule has 0 aliphatic heterocycles. The standard InChI is InChI=1S/C20H19NO4/c1-12-19(20(23)14-5-7-15(24-3)8-6-14)17-11-16(25-4)9-10-18(17)21(12)13(2)22/h5-11H,1-4H3. The molecule has 25 heavy (non-hydrogen) atoms. The first kappa shape index (κ1) is 16.8. The predicted octanol–water partition coefficient (Wildman–Crippen LogP) is 3.86. The fraction of sp³-hybridized carbons (Fsp3) is 0.200. The summed E-state index contributed by atoms with van der Waals surface area (Å²) in [7, 11) is 3.15. The molecule has 3 rings (SSSR count). The van der Waals surface area contributed by atoms with Crippen LogP contribution in [-0.4, -0.2) is 30.5 Å². The van der Waals surface area contributed by atoms with Gasteiger partial charge in [0, 0.05) is 23.6 Å². The highest BCUT2D eigenvalue weighted by molar-refractivity contribution is 6.19. The number of rotatable bonds is 4. The molecule has 0 aliphatic rings. The molecule has 0 bridgehead atoms. The Morgan fingerprint density at radius 1 is 0.920 bits per heavy atom. The summed E-state index contributed by atoms with van der Waals surface area (Å²) in [4.78, 5) is 25.2. The Hall–Kier alpha value is -3.08. The van der Waals surface area contributed by atoms with Gasteiger partial charge in [-0.05, 0) is 49.4 Å². The second-order valence-corrected chi connectivity index (χ2v) is 5.76. The molecule has 5 nitrogen and oxygen atoms in total. The van der Waals surface area contributed by atoms with E-state index in [-0.39, 0.29) is 11.7 Å². The number of hydrogen-bond acceptors (Lipinski definition) is 4. The average molecular weight is 337 g/mol. The highest BCUT2D eigenvalue weighted by atomic mass is 16.5. The molecule has 0 atom stereocenters. The summed E-state index contributed by atoms with van der Waals surface area (Å²) in [5, 5.41) is 0.702. The zero-order chi connectivity index (χ0) is 18.1. The van der Waals surface area contributed by atoms with Crippen LogP contribution in [0, 0.1) is 6.92 Å². The van der Waals surface area contributed by atoms with Crippen molar-refractivity contribution in [3.8, 4) is 11.5 Å². The first-order chi connectivity index (χ1) is 12.0. The highest BCUT2D eigenvalue weighted by Crippen LogP contribution is 2.31. The van der Waals surface area contributed by atoms with E-state index in [9.17, 15) is 9.59 Å². The van der Waals surface area contributed by atoms with Gasteiger partial charge in [-0.2, -0.15) is 0 Å². The molecule has 5 heteroatoms. The van der Waals surface area contributed by atoms with Crippen molar-refractivity contribution in [3.05, 3.63) is 59.3 Å². The van der Waals surface area contributed by atoms with Gasteiger partial charge in [-0.15, -0.1) is 0 Å². The third kappa shape index (κ3) is 2.78. The Kier molecular flexibility index (Phi) is 4.31. The summed E-state index contributed by atoms with van der Waals surface area (Å²) < 4.78 is 12.0. The number of carbonyl (C=O) groups is 2. The van der Waals surface area contributed by atoms with E-state index < -0.39 is 0 Å². The number of benzene rings is 2. The molecule has 0 saturated heterocycles. The van der Waals surface area contributed by atoms with Crippen molar-refractivity contribution in [1.82, 2.24) is 4.57 Å². The van der Waals surface area contributed by atoms with Gasteiger partial charge in [-0.1, -0.05) is 0 Å². The lowest BCUT2D eigenvalue weighted by Crippen LogP contribution is -2.09. The molecular weight excluding hydrogens is 318 g/mol. The van der Waals surface area contributed by atoms with Gasteiger partial charge in [-0.3, -0.25) is 14.2 Å². The minimum atomic E-state index is -0.140. The molecule has 0 aliphatic carbocycles. The Bertz CT molecular complexity index is 968. The Labute approximate surface area is 145 Å². The summed E-state index contributed by atoms with van der Waals surface area (Å²) in [6.07, 6.45) is 0. The lowest BCUT2D eigenvalue weighted by molar-refractivity contribution is 0.0939. The molecule has 0 amide bonds. The third-order valence-corrected chi connectivity index (χ3v) is 4.31. The van der Waals surface area contributed by atoms with Crippen molar-refractivity contribution in [2.24, 2.45) is 0 Å². The summed E-state index contributed by atoms with van der Waals surface area (Å²) in [5.41, 5.74) is 2.36. The SMILES string of the molecule is COc1ccc(C(=O)c2c(C)n(C(C)=O)c3ccc(OC)cc23)cc1. The van der Waals surface area contributed by atoms with E-state index in [1.807, 2.05) is 0 Å². The first-order valence-electron chi connectivity index (χ1n) is 7.86. The predicted molar refractivity (Wildman–Crippen MR) is 96.0 cm³/mol. The molecule has 0 fully saturated rings. The smallest absolute Gasteiger partial charge is 0.228 e. The van der Waals surface area contributed by atoms with Crippen LogP contribution in [0.4, 0.5) is 0 Å². The number of aromatic nitrogens is 1. The number of ketones is 1. The highest BCUT2D eigenvalue weighted by Gasteiger charge is 2.23. The zero-order valence-electron chi connectivity index (χ0n) is 14.6. The fourth-order valence-corrected chi connectivity index (χ4v) is 3.10. The molecule has 0 saturated carbocycles. The fourth-order valence-electron chi connectivity index (χ4n) is 3.10. The second kappa shape index (κ2) is 6.43. The Morgan fingerprint density at radius 3 is 2.08 bits per heavy atom. The van der Waals surface area contributed by atoms with Crippen LogP contribution in [0.2, 0.25) is 0 Å². The van der Waals surface area contributed by atoms with Gasteiger partial charge in [0.2, 0.25) is 5.91 Å². The maximum Gasteiger partial charge on any atom is 0.228 e. The zero-order valence-corrected chi connectivity index (χ0v) is 14.6.